The van der Waals surface area contributed by atoms with E-state index in [0.717, 1.165) is 0 Å². The highest BCUT2D eigenvalue weighted by molar-refractivity contribution is 4.81. The Balaban J connectivity index is 3.60. The van der Waals surface area contributed by atoms with Crippen LogP contribution in [0.4, 0.5) is 0 Å². The molecule has 0 aliphatic rings. The zero-order valence-electron chi connectivity index (χ0n) is 24.4. The van der Waals surface area contributed by atoms with E-state index in [1.54, 1.807) is 0 Å². The molecule has 0 bridgehead atoms. The normalized spacial score (nSPS) is 12.1. The predicted molar refractivity (Wildman–Crippen MR) is 157 cm³/mol. The molecule has 204 valence electrons. The van der Waals surface area contributed by atoms with E-state index in [1.165, 1.54) is 167 Å². The summed E-state index contributed by atoms with van der Waals surface area (Å²) < 4.78 is 0. The van der Waals surface area contributed by atoms with Gasteiger partial charge in [0, 0.05) is 13.1 Å². The van der Waals surface area contributed by atoms with E-state index in [9.17, 15) is 0 Å². The molecule has 0 saturated carbocycles. The summed E-state index contributed by atoms with van der Waals surface area (Å²) in [7, 11) is 4.41. The number of rotatable bonds is 28. The fourth-order valence-electron chi connectivity index (χ4n) is 4.73. The smallest absolute Gasteiger partial charge is 0.0109 e. The van der Waals surface area contributed by atoms with Crippen LogP contribution in [0.1, 0.15) is 155 Å². The summed E-state index contributed by atoms with van der Waals surface area (Å²) >= 11 is 0. The van der Waals surface area contributed by atoms with Crippen molar-refractivity contribution in [2.75, 3.05) is 40.3 Å². The SMILES string of the molecule is CCCCCCCCC=CCCCCCCCCN(CCCCCCCCCC)CCN(C)C. The summed E-state index contributed by atoms with van der Waals surface area (Å²) in [6.07, 6.45) is 35.8. The van der Waals surface area contributed by atoms with E-state index in [1.807, 2.05) is 0 Å². The van der Waals surface area contributed by atoms with E-state index in [0.29, 0.717) is 0 Å². The Hall–Kier alpha value is -0.340. The highest BCUT2D eigenvalue weighted by Gasteiger charge is 2.05. The third-order valence-corrected chi connectivity index (χ3v) is 7.18. The minimum atomic E-state index is 1.20. The van der Waals surface area contributed by atoms with Crippen LogP contribution >= 0.6 is 0 Å². The highest BCUT2D eigenvalue weighted by Crippen LogP contribution is 2.12. The maximum absolute atomic E-state index is 2.74. The number of hydrogen-bond donors (Lipinski definition) is 0. The molecule has 34 heavy (non-hydrogen) atoms. The zero-order chi connectivity index (χ0) is 25.0. The Labute approximate surface area is 217 Å². The molecule has 0 spiro atoms. The molecule has 0 aliphatic carbocycles. The minimum Gasteiger partial charge on any atom is -0.308 e. The number of allylic oxidation sites excluding steroid dienone is 2. The van der Waals surface area contributed by atoms with Gasteiger partial charge >= 0.3 is 0 Å². The van der Waals surface area contributed by atoms with Crippen molar-refractivity contribution in [2.45, 2.75) is 155 Å². The molecule has 0 atom stereocenters. The Bertz CT molecular complexity index is 390. The van der Waals surface area contributed by atoms with Crippen molar-refractivity contribution in [1.82, 2.24) is 9.80 Å². The lowest BCUT2D eigenvalue weighted by molar-refractivity contribution is 0.231. The van der Waals surface area contributed by atoms with E-state index in [4.69, 9.17) is 0 Å². The van der Waals surface area contributed by atoms with Crippen LogP contribution in [-0.4, -0.2) is 50.1 Å². The maximum Gasteiger partial charge on any atom is 0.0109 e. The molecule has 0 saturated heterocycles. The van der Waals surface area contributed by atoms with Gasteiger partial charge in [0.1, 0.15) is 0 Å². The second-order valence-electron chi connectivity index (χ2n) is 11.1. The van der Waals surface area contributed by atoms with Crippen molar-refractivity contribution in [3.8, 4) is 0 Å². The molecule has 2 heteroatoms. The Morgan fingerprint density at radius 2 is 0.735 bits per heavy atom. The van der Waals surface area contributed by atoms with Crippen molar-refractivity contribution in [2.24, 2.45) is 0 Å². The van der Waals surface area contributed by atoms with Gasteiger partial charge in [-0.2, -0.15) is 0 Å². The molecule has 0 heterocycles. The van der Waals surface area contributed by atoms with Crippen molar-refractivity contribution in [3.05, 3.63) is 12.2 Å². The van der Waals surface area contributed by atoms with Crippen LogP contribution < -0.4 is 0 Å². The van der Waals surface area contributed by atoms with Crippen molar-refractivity contribution in [3.63, 3.8) is 0 Å². The van der Waals surface area contributed by atoms with Crippen LogP contribution in [-0.2, 0) is 0 Å². The Kier molecular flexibility index (Phi) is 28.6. The van der Waals surface area contributed by atoms with Gasteiger partial charge in [0.2, 0.25) is 0 Å². The van der Waals surface area contributed by atoms with Crippen LogP contribution in [0.2, 0.25) is 0 Å². The first-order valence-corrected chi connectivity index (χ1v) is 15.7. The lowest BCUT2D eigenvalue weighted by Crippen LogP contribution is -2.33. The summed E-state index contributed by atoms with van der Waals surface area (Å²) in [6, 6.07) is 0. The summed E-state index contributed by atoms with van der Waals surface area (Å²) in [5.74, 6) is 0. The zero-order valence-corrected chi connectivity index (χ0v) is 24.4. The first-order chi connectivity index (χ1) is 16.7. The molecular formula is C32H66N2. The van der Waals surface area contributed by atoms with Crippen molar-refractivity contribution >= 4 is 0 Å². The van der Waals surface area contributed by atoms with Gasteiger partial charge in [0.05, 0.1) is 0 Å². The molecule has 2 nitrogen and oxygen atoms in total. The van der Waals surface area contributed by atoms with E-state index >= 15 is 0 Å². The highest BCUT2D eigenvalue weighted by atomic mass is 15.2. The molecule has 0 aromatic carbocycles. The molecule has 0 amide bonds. The molecule has 0 N–H and O–H groups in total. The molecule has 0 radical (unpaired) electrons. The van der Waals surface area contributed by atoms with Crippen LogP contribution in [0.15, 0.2) is 12.2 Å². The fraction of sp³-hybridized carbons (Fsp3) is 0.938. The van der Waals surface area contributed by atoms with E-state index in [2.05, 4.69) is 49.9 Å². The molecule has 0 aliphatic heterocycles. The van der Waals surface area contributed by atoms with Gasteiger partial charge in [-0.1, -0.05) is 129 Å². The number of hydrogen-bond acceptors (Lipinski definition) is 2. The predicted octanol–water partition coefficient (Wildman–Crippen LogP) is 10.0. The quantitative estimate of drug-likeness (QED) is 0.0815. The number of nitrogens with zero attached hydrogens (tertiary/aromatic N) is 2. The average Bonchev–Trinajstić information content (AvgIpc) is 2.83. The first-order valence-electron chi connectivity index (χ1n) is 15.7. The summed E-state index contributed by atoms with van der Waals surface area (Å²) in [4.78, 5) is 5.08. The number of likely N-dealkylation sites (N-methyl/N-ethyl adjacent to an activating group) is 1. The standard InChI is InChI=1S/C32H66N2/c1-5-7-9-11-13-15-16-17-18-19-20-21-22-24-26-28-30-34(32-31-33(3)4)29-27-25-23-14-12-10-8-6-2/h17-18H,5-16,19-32H2,1-4H3. The van der Waals surface area contributed by atoms with Gasteiger partial charge in [0.15, 0.2) is 0 Å². The average molecular weight is 479 g/mol. The summed E-state index contributed by atoms with van der Waals surface area (Å²) in [6.45, 7) is 9.67. The van der Waals surface area contributed by atoms with Crippen LogP contribution in [0.5, 0.6) is 0 Å². The molecule has 0 unspecified atom stereocenters. The molecular weight excluding hydrogens is 412 g/mol. The Morgan fingerprint density at radius 1 is 0.382 bits per heavy atom. The monoisotopic (exact) mass is 479 g/mol. The summed E-state index contributed by atoms with van der Waals surface area (Å²) in [5.41, 5.74) is 0. The van der Waals surface area contributed by atoms with Gasteiger partial charge in [-0.3, -0.25) is 0 Å². The van der Waals surface area contributed by atoms with Gasteiger partial charge < -0.3 is 9.80 Å². The fourth-order valence-corrected chi connectivity index (χ4v) is 4.73. The second kappa shape index (κ2) is 28.9. The van der Waals surface area contributed by atoms with Crippen molar-refractivity contribution < 1.29 is 0 Å². The molecule has 0 fully saturated rings. The first kappa shape index (κ1) is 33.7. The molecule has 0 aromatic rings. The molecule has 0 rings (SSSR count). The van der Waals surface area contributed by atoms with Crippen LogP contribution in [0.25, 0.3) is 0 Å². The van der Waals surface area contributed by atoms with Crippen molar-refractivity contribution in [1.29, 1.82) is 0 Å². The van der Waals surface area contributed by atoms with Gasteiger partial charge in [0.25, 0.3) is 0 Å². The van der Waals surface area contributed by atoms with Gasteiger partial charge in [-0.05, 0) is 65.7 Å². The van der Waals surface area contributed by atoms with Gasteiger partial charge in [-0.15, -0.1) is 0 Å². The van der Waals surface area contributed by atoms with Gasteiger partial charge in [-0.25, -0.2) is 0 Å². The largest absolute Gasteiger partial charge is 0.308 e. The van der Waals surface area contributed by atoms with Crippen LogP contribution in [0.3, 0.4) is 0 Å². The lowest BCUT2D eigenvalue weighted by atomic mass is 10.1. The number of unbranched alkanes of at least 4 members (excludes halogenated alkanes) is 19. The third kappa shape index (κ3) is 27.9. The molecule has 0 aromatic heterocycles. The third-order valence-electron chi connectivity index (χ3n) is 7.18. The summed E-state index contributed by atoms with van der Waals surface area (Å²) in [5, 5.41) is 0. The Morgan fingerprint density at radius 3 is 1.12 bits per heavy atom. The lowest BCUT2D eigenvalue weighted by Gasteiger charge is -2.24. The maximum atomic E-state index is 2.74. The van der Waals surface area contributed by atoms with E-state index < -0.39 is 0 Å². The van der Waals surface area contributed by atoms with Crippen LogP contribution in [0, 0.1) is 0 Å². The second-order valence-corrected chi connectivity index (χ2v) is 11.1. The minimum absolute atomic E-state index is 1.20. The topological polar surface area (TPSA) is 6.48 Å². The van der Waals surface area contributed by atoms with E-state index in [-0.39, 0.29) is 0 Å².